The predicted molar refractivity (Wildman–Crippen MR) is 121 cm³/mol. The summed E-state index contributed by atoms with van der Waals surface area (Å²) in [4.78, 5) is 51.4. The number of para-hydroxylation sites is 1. The highest BCUT2D eigenvalue weighted by Crippen LogP contribution is 2.47. The monoisotopic (exact) mass is 550 g/mol. The van der Waals surface area contributed by atoms with Crippen molar-refractivity contribution >= 4 is 45.2 Å². The fraction of sp³-hybridized carbons (Fsp3) is 0.250. The van der Waals surface area contributed by atoms with Gasteiger partial charge in [-0.3, -0.25) is 19.3 Å². The standard InChI is InChI=1S/C22H17BrN2O3.C2HF3O2/c23-15-9-5-4-6-13(15)12-24-16-10-11-17(26)20(24)19-18(16)21(27)25(22(19)28)14-7-2-1-3-8-14;3-2(4,5)1(6)7/h1-11,16,18-20H,12H2;(H,6,7). The van der Waals surface area contributed by atoms with Gasteiger partial charge in [0, 0.05) is 17.1 Å². The van der Waals surface area contributed by atoms with Crippen LogP contribution in [0.5, 0.6) is 0 Å². The molecule has 3 aliphatic heterocycles. The van der Waals surface area contributed by atoms with Gasteiger partial charge < -0.3 is 5.11 Å². The van der Waals surface area contributed by atoms with Crippen molar-refractivity contribution in [2.45, 2.75) is 24.8 Å². The molecule has 11 heteroatoms. The molecule has 5 rings (SSSR count). The second-order valence-corrected chi connectivity index (χ2v) is 9.02. The third-order valence-electron chi connectivity index (χ3n) is 6.16. The van der Waals surface area contributed by atoms with Crippen LogP contribution in [-0.2, 0) is 25.7 Å². The zero-order valence-electron chi connectivity index (χ0n) is 17.9. The molecule has 0 aromatic heterocycles. The first-order valence-electron chi connectivity index (χ1n) is 10.5. The fourth-order valence-corrected chi connectivity index (χ4v) is 5.13. The molecule has 2 aromatic rings. The summed E-state index contributed by atoms with van der Waals surface area (Å²) in [7, 11) is 0. The molecule has 2 bridgehead atoms. The van der Waals surface area contributed by atoms with Crippen LogP contribution in [0.15, 0.2) is 71.2 Å². The first kappa shape index (κ1) is 24.8. The van der Waals surface area contributed by atoms with Crippen LogP contribution in [0.1, 0.15) is 5.56 Å². The minimum atomic E-state index is -5.08. The van der Waals surface area contributed by atoms with Crippen LogP contribution in [0, 0.1) is 11.8 Å². The van der Waals surface area contributed by atoms with Crippen LogP contribution in [-0.4, -0.2) is 51.8 Å². The maximum absolute atomic E-state index is 13.2. The van der Waals surface area contributed by atoms with Crippen LogP contribution in [0.4, 0.5) is 18.9 Å². The molecule has 3 heterocycles. The molecule has 182 valence electrons. The Bertz CT molecular complexity index is 1220. The lowest BCUT2D eigenvalue weighted by molar-refractivity contribution is -0.192. The van der Waals surface area contributed by atoms with Crippen molar-refractivity contribution < 1.29 is 37.5 Å². The number of alkyl halides is 3. The minimum absolute atomic E-state index is 0.105. The highest BCUT2D eigenvalue weighted by Gasteiger charge is 2.64. The van der Waals surface area contributed by atoms with E-state index in [1.165, 1.54) is 11.0 Å². The van der Waals surface area contributed by atoms with Crippen molar-refractivity contribution in [2.75, 3.05) is 4.90 Å². The summed E-state index contributed by atoms with van der Waals surface area (Å²) in [5, 5.41) is 7.12. The quantitative estimate of drug-likeness (QED) is 0.587. The van der Waals surface area contributed by atoms with Gasteiger partial charge in [-0.15, -0.1) is 0 Å². The Hall–Kier alpha value is -3.31. The third kappa shape index (κ3) is 4.53. The largest absolute Gasteiger partial charge is 0.490 e. The molecule has 1 N–H and O–H groups in total. The number of carboxylic acids is 1. The molecule has 2 fully saturated rings. The number of carboxylic acid groups (broad SMARTS) is 1. The van der Waals surface area contributed by atoms with Crippen molar-refractivity contribution in [1.29, 1.82) is 0 Å². The highest BCUT2D eigenvalue weighted by atomic mass is 79.9. The summed E-state index contributed by atoms with van der Waals surface area (Å²) in [5.74, 6) is -4.52. The van der Waals surface area contributed by atoms with E-state index in [0.717, 1.165) is 10.0 Å². The van der Waals surface area contributed by atoms with Gasteiger partial charge in [-0.1, -0.05) is 58.4 Å². The van der Waals surface area contributed by atoms with Gasteiger partial charge in [0.25, 0.3) is 0 Å². The van der Waals surface area contributed by atoms with E-state index in [2.05, 4.69) is 15.9 Å². The number of rotatable bonds is 3. The van der Waals surface area contributed by atoms with E-state index in [9.17, 15) is 27.6 Å². The van der Waals surface area contributed by atoms with E-state index in [4.69, 9.17) is 9.90 Å². The normalized spacial score (nSPS) is 25.4. The molecular formula is C24H18BrF3N2O5. The number of benzene rings is 2. The predicted octanol–water partition coefficient (Wildman–Crippen LogP) is 3.58. The van der Waals surface area contributed by atoms with Gasteiger partial charge in [0.15, 0.2) is 5.78 Å². The number of aliphatic carboxylic acids is 1. The molecule has 4 atom stereocenters. The number of ketones is 1. The Labute approximate surface area is 205 Å². The third-order valence-corrected chi connectivity index (χ3v) is 6.94. The lowest BCUT2D eigenvalue weighted by atomic mass is 9.90. The van der Waals surface area contributed by atoms with Gasteiger partial charge >= 0.3 is 12.1 Å². The molecule has 2 saturated heterocycles. The Balaban J connectivity index is 0.000000364. The fourth-order valence-electron chi connectivity index (χ4n) is 4.72. The SMILES string of the molecule is O=C(O)C(F)(F)F.O=C1C=CC2C3C(=O)N(c4ccccc4)C(=O)C3C1N2Cc1ccccc1Br. The number of imide groups is 1. The van der Waals surface area contributed by atoms with E-state index < -0.39 is 30.0 Å². The second-order valence-electron chi connectivity index (χ2n) is 8.16. The Morgan fingerprint density at radius 3 is 2.11 bits per heavy atom. The summed E-state index contributed by atoms with van der Waals surface area (Å²) >= 11 is 3.55. The molecule has 4 unspecified atom stereocenters. The number of hydrogen-bond donors (Lipinski definition) is 1. The maximum Gasteiger partial charge on any atom is 0.490 e. The van der Waals surface area contributed by atoms with Crippen LogP contribution in [0.3, 0.4) is 0 Å². The molecular weight excluding hydrogens is 533 g/mol. The molecule has 0 aliphatic carbocycles. The molecule has 35 heavy (non-hydrogen) atoms. The number of anilines is 1. The minimum Gasteiger partial charge on any atom is -0.475 e. The van der Waals surface area contributed by atoms with Crippen molar-refractivity contribution in [1.82, 2.24) is 4.90 Å². The van der Waals surface area contributed by atoms with Crippen LogP contribution in [0.25, 0.3) is 0 Å². The molecule has 0 saturated carbocycles. The molecule has 0 radical (unpaired) electrons. The lowest BCUT2D eigenvalue weighted by Gasteiger charge is -2.33. The first-order chi connectivity index (χ1) is 16.5. The van der Waals surface area contributed by atoms with Crippen LogP contribution in [0.2, 0.25) is 0 Å². The number of halogens is 4. The van der Waals surface area contributed by atoms with E-state index in [-0.39, 0.29) is 23.6 Å². The summed E-state index contributed by atoms with van der Waals surface area (Å²) in [5.41, 5.74) is 1.60. The Kier molecular flexibility index (Phi) is 6.65. The van der Waals surface area contributed by atoms with Crippen LogP contribution < -0.4 is 4.90 Å². The zero-order valence-corrected chi connectivity index (χ0v) is 19.4. The van der Waals surface area contributed by atoms with Crippen molar-refractivity contribution in [3.63, 3.8) is 0 Å². The maximum atomic E-state index is 13.2. The lowest BCUT2D eigenvalue weighted by Crippen LogP contribution is -2.48. The van der Waals surface area contributed by atoms with E-state index in [1.807, 2.05) is 35.2 Å². The van der Waals surface area contributed by atoms with Gasteiger partial charge in [0.1, 0.15) is 0 Å². The van der Waals surface area contributed by atoms with Crippen molar-refractivity contribution in [3.05, 3.63) is 76.8 Å². The number of hydrogen-bond acceptors (Lipinski definition) is 5. The van der Waals surface area contributed by atoms with E-state index >= 15 is 0 Å². The average Bonchev–Trinajstić information content (AvgIpc) is 3.19. The van der Waals surface area contributed by atoms with Crippen molar-refractivity contribution in [2.24, 2.45) is 11.8 Å². The average molecular weight is 551 g/mol. The van der Waals surface area contributed by atoms with Crippen LogP contribution >= 0.6 is 15.9 Å². The summed E-state index contributed by atoms with van der Waals surface area (Å²) in [6.07, 6.45) is -1.75. The summed E-state index contributed by atoms with van der Waals surface area (Å²) in [6.45, 7) is 0.506. The molecule has 7 nitrogen and oxygen atoms in total. The van der Waals surface area contributed by atoms with Gasteiger partial charge in [-0.25, -0.2) is 9.69 Å². The van der Waals surface area contributed by atoms with Gasteiger partial charge in [0.05, 0.1) is 23.6 Å². The molecule has 3 aliphatic rings. The van der Waals surface area contributed by atoms with Gasteiger partial charge in [-0.2, -0.15) is 13.2 Å². The number of amides is 2. The summed E-state index contributed by atoms with van der Waals surface area (Å²) < 4.78 is 32.7. The first-order valence-corrected chi connectivity index (χ1v) is 11.3. The summed E-state index contributed by atoms with van der Waals surface area (Å²) in [6, 6.07) is 15.9. The molecule has 2 aromatic carbocycles. The Morgan fingerprint density at radius 1 is 0.943 bits per heavy atom. The van der Waals surface area contributed by atoms with Gasteiger partial charge in [-0.05, 0) is 29.8 Å². The van der Waals surface area contributed by atoms with E-state index in [1.54, 1.807) is 30.3 Å². The molecule has 2 amide bonds. The smallest absolute Gasteiger partial charge is 0.475 e. The molecule has 0 spiro atoms. The number of carbonyl (C=O) groups excluding carboxylic acids is 3. The number of nitrogens with zero attached hydrogens (tertiary/aromatic N) is 2. The second kappa shape index (κ2) is 9.38. The van der Waals surface area contributed by atoms with Crippen molar-refractivity contribution in [3.8, 4) is 0 Å². The number of carbonyl (C=O) groups is 4. The highest BCUT2D eigenvalue weighted by molar-refractivity contribution is 9.10. The zero-order chi connectivity index (χ0) is 25.5. The Morgan fingerprint density at radius 2 is 1.51 bits per heavy atom. The van der Waals surface area contributed by atoms with E-state index in [0.29, 0.717) is 12.2 Å². The number of fused-ring (bicyclic) bond motifs is 5. The topological polar surface area (TPSA) is 95.0 Å². The van der Waals surface area contributed by atoms with Gasteiger partial charge in [0.2, 0.25) is 11.8 Å².